The van der Waals surface area contributed by atoms with Crippen LogP contribution in [0.4, 0.5) is 11.4 Å². The number of rotatable bonds is 5. The Morgan fingerprint density at radius 1 is 1.14 bits per heavy atom. The predicted octanol–water partition coefficient (Wildman–Crippen LogP) is 3.25. The van der Waals surface area contributed by atoms with Crippen molar-refractivity contribution in [3.8, 4) is 0 Å². The largest absolute Gasteiger partial charge is 0.311 e. The third-order valence-corrected chi connectivity index (χ3v) is 4.97. The molecule has 150 valence electrons. The van der Waals surface area contributed by atoms with Crippen LogP contribution >= 0.6 is 0 Å². The number of nitro groups is 1. The molecule has 8 heteroatoms. The highest BCUT2D eigenvalue weighted by atomic mass is 16.6. The minimum atomic E-state index is -1.11. The standard InChI is InChI=1S/C21H21N3O5/c1-5-22(15-10-12(2)9-13(3)11-15)19(25)14(4)23-20(26)16-7-6-8-17(24(28)29)18(16)21(23)27/h6-11,14H,5H2,1-4H3. The molecule has 0 fully saturated rings. The van der Waals surface area contributed by atoms with Crippen molar-refractivity contribution in [3.63, 3.8) is 0 Å². The lowest BCUT2D eigenvalue weighted by atomic mass is 10.1. The molecule has 1 aliphatic heterocycles. The molecule has 0 N–H and O–H groups in total. The lowest BCUT2D eigenvalue weighted by Gasteiger charge is -2.29. The molecule has 1 heterocycles. The lowest BCUT2D eigenvalue weighted by Crippen LogP contribution is -2.49. The maximum absolute atomic E-state index is 13.2. The van der Waals surface area contributed by atoms with E-state index in [1.165, 1.54) is 30.0 Å². The van der Waals surface area contributed by atoms with Crippen LogP contribution in [0.2, 0.25) is 0 Å². The van der Waals surface area contributed by atoms with E-state index in [4.69, 9.17) is 0 Å². The first-order valence-corrected chi connectivity index (χ1v) is 9.22. The van der Waals surface area contributed by atoms with E-state index in [1.807, 2.05) is 32.0 Å². The normalized spacial score (nSPS) is 14.0. The van der Waals surface area contributed by atoms with Crippen LogP contribution in [-0.2, 0) is 4.79 Å². The summed E-state index contributed by atoms with van der Waals surface area (Å²) < 4.78 is 0. The van der Waals surface area contributed by atoms with Gasteiger partial charge in [-0.1, -0.05) is 12.1 Å². The topological polar surface area (TPSA) is 101 Å². The van der Waals surface area contributed by atoms with Gasteiger partial charge in [0.25, 0.3) is 17.5 Å². The van der Waals surface area contributed by atoms with E-state index >= 15 is 0 Å². The third kappa shape index (κ3) is 3.37. The highest BCUT2D eigenvalue weighted by Gasteiger charge is 2.45. The zero-order chi connectivity index (χ0) is 21.5. The summed E-state index contributed by atoms with van der Waals surface area (Å²) in [5, 5.41) is 11.3. The molecule has 2 aromatic rings. The summed E-state index contributed by atoms with van der Waals surface area (Å²) in [6.45, 7) is 7.44. The van der Waals surface area contributed by atoms with Gasteiger partial charge in [-0.05, 0) is 57.0 Å². The Balaban J connectivity index is 1.97. The van der Waals surface area contributed by atoms with Crippen LogP contribution in [0.25, 0.3) is 0 Å². The first-order valence-electron chi connectivity index (χ1n) is 9.22. The minimum absolute atomic E-state index is 0.0571. The second-order valence-corrected chi connectivity index (χ2v) is 7.04. The number of nitrogens with zero attached hydrogens (tertiary/aromatic N) is 3. The monoisotopic (exact) mass is 395 g/mol. The predicted molar refractivity (Wildman–Crippen MR) is 107 cm³/mol. The molecule has 2 aromatic carbocycles. The van der Waals surface area contributed by atoms with Crippen LogP contribution < -0.4 is 4.90 Å². The van der Waals surface area contributed by atoms with Crippen LogP contribution in [0.1, 0.15) is 45.7 Å². The summed E-state index contributed by atoms with van der Waals surface area (Å²) in [5.41, 5.74) is 1.87. The average molecular weight is 395 g/mol. The highest BCUT2D eigenvalue weighted by Crippen LogP contribution is 2.32. The van der Waals surface area contributed by atoms with Gasteiger partial charge < -0.3 is 4.90 Å². The number of aryl methyl sites for hydroxylation is 2. The average Bonchev–Trinajstić information content (AvgIpc) is 2.91. The van der Waals surface area contributed by atoms with Crippen molar-refractivity contribution < 1.29 is 19.3 Å². The molecule has 3 amide bonds. The number of carbonyl (C=O) groups excluding carboxylic acids is 3. The van der Waals surface area contributed by atoms with E-state index in [0.717, 1.165) is 16.0 Å². The summed E-state index contributed by atoms with van der Waals surface area (Å²) in [7, 11) is 0. The van der Waals surface area contributed by atoms with Crippen molar-refractivity contribution >= 4 is 29.1 Å². The first-order chi connectivity index (χ1) is 13.7. The van der Waals surface area contributed by atoms with E-state index in [9.17, 15) is 24.5 Å². The van der Waals surface area contributed by atoms with Gasteiger partial charge in [-0.3, -0.25) is 29.4 Å². The maximum atomic E-state index is 13.2. The smallest absolute Gasteiger partial charge is 0.282 e. The van der Waals surface area contributed by atoms with E-state index in [1.54, 1.807) is 6.92 Å². The number of carbonyl (C=O) groups is 3. The number of hydrogen-bond donors (Lipinski definition) is 0. The second kappa shape index (κ2) is 7.46. The van der Waals surface area contributed by atoms with Gasteiger partial charge >= 0.3 is 0 Å². The number of hydrogen-bond acceptors (Lipinski definition) is 5. The fraction of sp³-hybridized carbons (Fsp3) is 0.286. The van der Waals surface area contributed by atoms with Gasteiger partial charge in [-0.25, -0.2) is 0 Å². The van der Waals surface area contributed by atoms with Crippen molar-refractivity contribution in [1.29, 1.82) is 0 Å². The van der Waals surface area contributed by atoms with Gasteiger partial charge in [0, 0.05) is 18.3 Å². The lowest BCUT2D eigenvalue weighted by molar-refractivity contribution is -0.385. The van der Waals surface area contributed by atoms with Gasteiger partial charge in [0.2, 0.25) is 5.91 Å². The van der Waals surface area contributed by atoms with Crippen molar-refractivity contribution in [2.45, 2.75) is 33.7 Å². The molecule has 0 saturated heterocycles. The Morgan fingerprint density at radius 3 is 2.31 bits per heavy atom. The molecule has 0 saturated carbocycles. The van der Waals surface area contributed by atoms with E-state index in [-0.39, 0.29) is 11.1 Å². The van der Waals surface area contributed by atoms with E-state index < -0.39 is 34.4 Å². The van der Waals surface area contributed by atoms with Crippen LogP contribution in [0, 0.1) is 24.0 Å². The zero-order valence-corrected chi connectivity index (χ0v) is 16.6. The summed E-state index contributed by atoms with van der Waals surface area (Å²) in [5.74, 6) is -1.96. The van der Waals surface area contributed by atoms with E-state index in [2.05, 4.69) is 0 Å². The zero-order valence-electron chi connectivity index (χ0n) is 16.6. The van der Waals surface area contributed by atoms with Crippen molar-refractivity contribution in [1.82, 2.24) is 4.90 Å². The van der Waals surface area contributed by atoms with Crippen LogP contribution in [0.15, 0.2) is 36.4 Å². The Kier molecular flexibility index (Phi) is 5.19. The molecule has 1 atom stereocenters. The SMILES string of the molecule is CCN(C(=O)C(C)N1C(=O)c2cccc([N+](=O)[O-])c2C1=O)c1cc(C)cc(C)c1. The fourth-order valence-corrected chi connectivity index (χ4v) is 3.70. The van der Waals surface area contributed by atoms with Crippen molar-refractivity contribution in [3.05, 3.63) is 68.8 Å². The number of amides is 3. The number of likely N-dealkylation sites (N-methyl/N-ethyl adjacent to an activating group) is 1. The second-order valence-electron chi connectivity index (χ2n) is 7.04. The summed E-state index contributed by atoms with van der Waals surface area (Å²) in [4.78, 5) is 51.7. The fourth-order valence-electron chi connectivity index (χ4n) is 3.70. The molecule has 0 spiro atoms. The van der Waals surface area contributed by atoms with Gasteiger partial charge in [0.05, 0.1) is 10.5 Å². The van der Waals surface area contributed by atoms with Gasteiger partial charge in [0.1, 0.15) is 11.6 Å². The quantitative estimate of drug-likeness (QED) is 0.439. The Labute approximate surface area is 167 Å². The molecule has 3 rings (SSSR count). The molecule has 0 radical (unpaired) electrons. The third-order valence-electron chi connectivity index (χ3n) is 4.97. The number of nitro benzene ring substituents is 1. The molecule has 0 aliphatic carbocycles. The molecular formula is C21H21N3O5. The molecular weight excluding hydrogens is 374 g/mol. The van der Waals surface area contributed by atoms with E-state index in [0.29, 0.717) is 12.2 Å². The number of fused-ring (bicyclic) bond motifs is 1. The molecule has 1 unspecified atom stereocenters. The number of benzene rings is 2. The van der Waals surface area contributed by atoms with Crippen LogP contribution in [0.3, 0.4) is 0 Å². The molecule has 0 aromatic heterocycles. The Bertz CT molecular complexity index is 1030. The molecule has 29 heavy (non-hydrogen) atoms. The molecule has 8 nitrogen and oxygen atoms in total. The minimum Gasteiger partial charge on any atom is -0.311 e. The Hall–Kier alpha value is -3.55. The summed E-state index contributed by atoms with van der Waals surface area (Å²) in [6, 6.07) is 8.47. The van der Waals surface area contributed by atoms with Crippen LogP contribution in [0.5, 0.6) is 0 Å². The number of imide groups is 1. The molecule has 0 bridgehead atoms. The van der Waals surface area contributed by atoms with Crippen molar-refractivity contribution in [2.24, 2.45) is 0 Å². The van der Waals surface area contributed by atoms with Crippen molar-refractivity contribution in [2.75, 3.05) is 11.4 Å². The Morgan fingerprint density at radius 2 is 1.76 bits per heavy atom. The molecule has 1 aliphatic rings. The first kappa shape index (κ1) is 20.2. The van der Waals surface area contributed by atoms with Gasteiger partial charge in [0.15, 0.2) is 0 Å². The summed E-state index contributed by atoms with van der Waals surface area (Å²) in [6.07, 6.45) is 0. The highest BCUT2D eigenvalue weighted by molar-refractivity contribution is 6.25. The summed E-state index contributed by atoms with van der Waals surface area (Å²) >= 11 is 0. The van der Waals surface area contributed by atoms with Gasteiger partial charge in [-0.2, -0.15) is 0 Å². The van der Waals surface area contributed by atoms with Crippen LogP contribution in [-0.4, -0.2) is 40.1 Å². The number of anilines is 1. The van der Waals surface area contributed by atoms with Gasteiger partial charge in [-0.15, -0.1) is 0 Å². The maximum Gasteiger partial charge on any atom is 0.282 e.